The summed E-state index contributed by atoms with van der Waals surface area (Å²) in [6.45, 7) is 9.78. The summed E-state index contributed by atoms with van der Waals surface area (Å²) in [4.78, 5) is 156. The van der Waals surface area contributed by atoms with E-state index in [2.05, 4.69) is 62.1 Å². The van der Waals surface area contributed by atoms with E-state index in [0.29, 0.717) is 94.0 Å². The quantitative estimate of drug-likeness (QED) is 0.0254. The van der Waals surface area contributed by atoms with E-state index in [0.717, 1.165) is 40.2 Å². The number of ether oxygens (including phenoxy) is 1. The molecule has 510 valence electrons. The fraction of sp³-hybridized carbons (Fsp3) is 0.471. The van der Waals surface area contributed by atoms with Crippen molar-refractivity contribution in [1.29, 1.82) is 0 Å². The van der Waals surface area contributed by atoms with Gasteiger partial charge in [-0.3, -0.25) is 57.8 Å². The molecular weight excluding hydrogens is 1250 g/mol. The molecule has 6 heterocycles. The largest absolute Gasteiger partial charge is 0.391 e. The van der Waals surface area contributed by atoms with Gasteiger partial charge in [-0.05, 0) is 86.0 Å². The zero-order valence-electron chi connectivity index (χ0n) is 54.5. The van der Waals surface area contributed by atoms with E-state index in [1.165, 1.54) is 39.5 Å². The van der Waals surface area contributed by atoms with E-state index in [9.17, 15) is 53.1 Å². The van der Waals surface area contributed by atoms with Gasteiger partial charge in [-0.2, -0.15) is 0 Å². The van der Waals surface area contributed by atoms with Gasteiger partial charge in [-0.15, -0.1) is 11.3 Å². The summed E-state index contributed by atoms with van der Waals surface area (Å²) in [5.74, 6) is -4.76. The molecule has 9 rings (SSSR count). The maximum atomic E-state index is 14.3. The Morgan fingerprint density at radius 2 is 1.45 bits per heavy atom. The van der Waals surface area contributed by atoms with Gasteiger partial charge in [0.05, 0.1) is 71.4 Å². The van der Waals surface area contributed by atoms with Gasteiger partial charge in [0.1, 0.15) is 18.1 Å². The SMILES string of the molecule is Cc1ncsc1-c1ccc(CNC(=O)[C@@H]2C[C@@H](O)CN2C(=O)C(NC(=O)CNC(=O)CCC(NC(=O)CCCCCNC(=O)C2CCC(CN3C(=O)C=CC3=O)CC2)C(=O)NCc2ccc(-c3cnc(N)c(C(=O)Nc4cnccc4N4CCOCC4)n3)cc2)C(C)(C)C)cc1. The van der Waals surface area contributed by atoms with Crippen LogP contribution in [0.2, 0.25) is 0 Å². The van der Waals surface area contributed by atoms with Crippen LogP contribution >= 0.6 is 11.3 Å². The number of rotatable bonds is 28. The molecule has 2 aromatic carbocycles. The number of hydrogen-bond acceptors (Lipinski definition) is 19. The number of unbranched alkanes of at least 4 members (excludes halogenated alkanes) is 2. The smallest absolute Gasteiger partial charge is 0.278 e. The van der Waals surface area contributed by atoms with Crippen molar-refractivity contribution in [2.75, 3.05) is 68.4 Å². The number of benzene rings is 2. The van der Waals surface area contributed by atoms with Crippen molar-refractivity contribution < 1.29 is 57.8 Å². The number of nitrogen functional groups attached to an aromatic ring is 1. The Kier molecular flexibility index (Phi) is 24.5. The number of morpholine rings is 1. The highest BCUT2D eigenvalue weighted by atomic mass is 32.1. The molecule has 2 saturated heterocycles. The predicted molar refractivity (Wildman–Crippen MR) is 358 cm³/mol. The highest BCUT2D eigenvalue weighted by Gasteiger charge is 2.45. The van der Waals surface area contributed by atoms with Crippen molar-refractivity contribution in [2.45, 2.75) is 136 Å². The van der Waals surface area contributed by atoms with Gasteiger partial charge < -0.3 is 62.6 Å². The molecule has 0 spiro atoms. The van der Waals surface area contributed by atoms with Crippen LogP contribution in [0.25, 0.3) is 21.7 Å². The first-order chi connectivity index (χ1) is 46.1. The molecule has 96 heavy (non-hydrogen) atoms. The van der Waals surface area contributed by atoms with Gasteiger partial charge in [0.2, 0.25) is 41.4 Å². The molecule has 4 aliphatic rings. The Bertz CT molecular complexity index is 3640. The third kappa shape index (κ3) is 19.3. The van der Waals surface area contributed by atoms with E-state index in [1.807, 2.05) is 37.3 Å². The number of β-amino-alcohol motifs (C(OH)–C–C–N with tert-alkyl or cyclic N) is 1. The van der Waals surface area contributed by atoms with Crippen LogP contribution in [0.15, 0.2) is 90.9 Å². The van der Waals surface area contributed by atoms with Crippen molar-refractivity contribution >= 4 is 87.6 Å². The molecule has 3 aliphatic heterocycles. The van der Waals surface area contributed by atoms with Crippen LogP contribution in [0.1, 0.15) is 119 Å². The molecule has 3 fully saturated rings. The summed E-state index contributed by atoms with van der Waals surface area (Å²) in [5.41, 5.74) is 12.6. The lowest BCUT2D eigenvalue weighted by Gasteiger charge is -2.35. The molecule has 10 N–H and O–H groups in total. The topological polar surface area (TPSA) is 372 Å². The zero-order valence-corrected chi connectivity index (χ0v) is 55.3. The normalized spacial score (nSPS) is 18.5. The first kappa shape index (κ1) is 70.8. The lowest BCUT2D eigenvalue weighted by atomic mass is 9.81. The number of imide groups is 1. The Morgan fingerprint density at radius 3 is 2.12 bits per heavy atom. The van der Waals surface area contributed by atoms with Gasteiger partial charge in [-0.1, -0.05) is 75.7 Å². The van der Waals surface area contributed by atoms with Crippen LogP contribution in [-0.4, -0.2) is 171 Å². The Morgan fingerprint density at radius 1 is 0.760 bits per heavy atom. The van der Waals surface area contributed by atoms with Crippen LogP contribution in [0, 0.1) is 24.2 Å². The second-order valence-electron chi connectivity index (χ2n) is 25.7. The number of carbonyl (C=O) groups is 10. The summed E-state index contributed by atoms with van der Waals surface area (Å²) < 4.78 is 5.49. The van der Waals surface area contributed by atoms with E-state index in [4.69, 9.17) is 10.5 Å². The summed E-state index contributed by atoms with van der Waals surface area (Å²) in [7, 11) is 0. The molecule has 5 aromatic rings. The van der Waals surface area contributed by atoms with Gasteiger partial charge in [0, 0.05) is 94.9 Å². The van der Waals surface area contributed by atoms with Crippen molar-refractivity contribution in [3.8, 4) is 21.7 Å². The lowest BCUT2D eigenvalue weighted by Crippen LogP contribution is -2.58. The maximum absolute atomic E-state index is 14.3. The van der Waals surface area contributed by atoms with E-state index in [1.54, 1.807) is 62.9 Å². The molecule has 10 amide bonds. The number of nitrogens with zero attached hydrogens (tertiary/aromatic N) is 7. The standard InChI is InChI=1S/C68H85N15O12S/c1-41-60(96-40-76-41)46-17-11-43(12-18-46)34-75-65(92)53-32-48(84)39-82(53)67(94)61(68(2,3)4)80-56(87)37-72-54(85)22-21-49(77-55(86)8-6-5-7-26-71-63(90)47-19-13-44(14-20-47)38-83-57(88)23-24-58(83)89)64(91)74-33-42-9-15-45(16-10-42)50-36-73-62(69)59(78-50)66(93)79-51-35-70-27-25-52(51)81-28-30-95-31-29-81/h9-12,15-18,23-25,27,35-36,40,44,47-49,53,61,84H,5-8,13-14,19-22,26,28-34,37-39H2,1-4H3,(H2,69,73)(H,71,90)(H,72,85)(H,74,91)(H,75,92)(H,77,86)(H,79,93)(H,80,87)/t44?,47?,48-,49?,53+,61?/m1/s1. The zero-order chi connectivity index (χ0) is 68.5. The van der Waals surface area contributed by atoms with Gasteiger partial charge in [0.15, 0.2) is 11.5 Å². The van der Waals surface area contributed by atoms with Crippen molar-refractivity contribution in [3.63, 3.8) is 0 Å². The molecule has 0 radical (unpaired) electrons. The molecule has 28 heteroatoms. The number of hydrogen-bond donors (Lipinski definition) is 9. The Balaban J connectivity index is 0.767. The highest BCUT2D eigenvalue weighted by Crippen LogP contribution is 2.32. The molecule has 1 saturated carbocycles. The average molecular weight is 1340 g/mol. The van der Waals surface area contributed by atoms with Gasteiger partial charge >= 0.3 is 0 Å². The highest BCUT2D eigenvalue weighted by molar-refractivity contribution is 7.13. The fourth-order valence-electron chi connectivity index (χ4n) is 12.0. The molecular formula is C68H85N15O12S. The first-order valence-corrected chi connectivity index (χ1v) is 33.5. The minimum atomic E-state index is -1.19. The lowest BCUT2D eigenvalue weighted by molar-refractivity contribution is -0.144. The number of anilines is 3. The molecule has 2 unspecified atom stereocenters. The number of aryl methyl sites for hydroxylation is 1. The van der Waals surface area contributed by atoms with Crippen molar-refractivity contribution in [2.24, 2.45) is 17.3 Å². The number of nitrogens with one attached hydrogen (secondary N) is 7. The number of likely N-dealkylation sites (tertiary alicyclic amines) is 1. The van der Waals surface area contributed by atoms with E-state index in [-0.39, 0.29) is 86.4 Å². The minimum Gasteiger partial charge on any atom is -0.391 e. The van der Waals surface area contributed by atoms with Crippen LogP contribution in [0.4, 0.5) is 17.2 Å². The van der Waals surface area contributed by atoms with Gasteiger partial charge in [0.25, 0.3) is 17.7 Å². The molecule has 4 atom stereocenters. The Hall–Kier alpha value is -9.54. The number of pyridine rings is 1. The van der Waals surface area contributed by atoms with Crippen LogP contribution in [-0.2, 0) is 61.0 Å². The van der Waals surface area contributed by atoms with Crippen molar-refractivity contribution in [3.05, 3.63) is 113 Å². The third-order valence-electron chi connectivity index (χ3n) is 17.5. The number of aromatic nitrogens is 4. The first-order valence-electron chi connectivity index (χ1n) is 32.6. The molecule has 27 nitrogen and oxygen atoms in total. The summed E-state index contributed by atoms with van der Waals surface area (Å²) in [6.07, 6.45) is 10.1. The number of aliphatic hydroxyl groups excluding tert-OH is 1. The number of aliphatic hydroxyl groups is 1. The number of carbonyl (C=O) groups excluding carboxylic acids is 10. The summed E-state index contributed by atoms with van der Waals surface area (Å²) >= 11 is 1.54. The van der Waals surface area contributed by atoms with Crippen LogP contribution in [0.3, 0.4) is 0 Å². The maximum Gasteiger partial charge on any atom is 0.278 e. The van der Waals surface area contributed by atoms with Crippen LogP contribution in [0.5, 0.6) is 0 Å². The summed E-state index contributed by atoms with van der Waals surface area (Å²) in [6, 6.07) is 13.1. The van der Waals surface area contributed by atoms with E-state index >= 15 is 0 Å². The predicted octanol–water partition coefficient (Wildman–Crippen LogP) is 3.86. The number of nitrogens with two attached hydrogens (primary N) is 1. The minimum absolute atomic E-state index is 0.00628. The second-order valence-corrected chi connectivity index (χ2v) is 26.5. The van der Waals surface area contributed by atoms with E-state index < -0.39 is 77.5 Å². The fourth-order valence-corrected chi connectivity index (χ4v) is 12.9. The second kappa shape index (κ2) is 33.2. The molecule has 1 aliphatic carbocycles. The molecule has 0 bridgehead atoms. The average Bonchev–Trinajstić information content (AvgIpc) is 1.46. The molecule has 3 aromatic heterocycles. The van der Waals surface area contributed by atoms with Crippen LogP contribution < -0.4 is 47.9 Å². The number of thiazole rings is 1. The third-order valence-corrected chi connectivity index (χ3v) is 18.5. The van der Waals surface area contributed by atoms with Crippen molar-refractivity contribution in [1.82, 2.24) is 61.6 Å². The summed E-state index contributed by atoms with van der Waals surface area (Å²) in [5, 5.41) is 30.4. The number of amides is 10. The van der Waals surface area contributed by atoms with Gasteiger partial charge in [-0.25, -0.2) is 15.0 Å². The Labute approximate surface area is 561 Å². The monoisotopic (exact) mass is 1340 g/mol.